The number of nitrogens with one attached hydrogen (secondary N) is 2. The zero-order valence-corrected chi connectivity index (χ0v) is 9.58. The molecule has 0 atom stereocenters. The number of hydrogen-bond donors (Lipinski definition) is 2. The third kappa shape index (κ3) is 2.35. The molecule has 1 aromatic rings. The average molecular weight is 217 g/mol. The SMILES string of the molecule is c1cc(NC2CCNCC2)cc(C2CC2)n1. The molecule has 0 spiro atoms. The van der Waals surface area contributed by atoms with Crippen molar-refractivity contribution >= 4 is 5.69 Å². The van der Waals surface area contributed by atoms with E-state index in [0.29, 0.717) is 6.04 Å². The molecule has 1 aromatic heterocycles. The summed E-state index contributed by atoms with van der Waals surface area (Å²) in [7, 11) is 0. The maximum absolute atomic E-state index is 4.44. The third-order valence-electron chi connectivity index (χ3n) is 3.49. The lowest BCUT2D eigenvalue weighted by molar-refractivity contribution is 0.479. The Hall–Kier alpha value is -1.09. The molecule has 2 fully saturated rings. The van der Waals surface area contributed by atoms with Gasteiger partial charge < -0.3 is 10.6 Å². The summed E-state index contributed by atoms with van der Waals surface area (Å²) in [6, 6.07) is 4.96. The number of piperidine rings is 1. The predicted octanol–water partition coefficient (Wildman–Crippen LogP) is 2.12. The molecule has 1 aliphatic heterocycles. The lowest BCUT2D eigenvalue weighted by Gasteiger charge is -2.24. The largest absolute Gasteiger partial charge is 0.382 e. The van der Waals surface area contributed by atoms with Gasteiger partial charge in [0, 0.05) is 29.5 Å². The van der Waals surface area contributed by atoms with E-state index in [1.807, 2.05) is 6.20 Å². The van der Waals surface area contributed by atoms with E-state index < -0.39 is 0 Å². The standard InChI is InChI=1S/C13H19N3/c1-2-10(1)13-9-12(5-8-15-13)16-11-3-6-14-7-4-11/h5,8-11,14H,1-4,6-7H2,(H,15,16). The normalized spacial score (nSPS) is 22.0. The Morgan fingerprint density at radius 3 is 2.75 bits per heavy atom. The highest BCUT2D eigenvalue weighted by Gasteiger charge is 2.25. The Bertz CT molecular complexity index is 354. The number of hydrogen-bond acceptors (Lipinski definition) is 3. The molecule has 16 heavy (non-hydrogen) atoms. The fraction of sp³-hybridized carbons (Fsp3) is 0.615. The van der Waals surface area contributed by atoms with Crippen molar-refractivity contribution in [3.63, 3.8) is 0 Å². The molecule has 1 aliphatic carbocycles. The molecule has 3 rings (SSSR count). The predicted molar refractivity (Wildman–Crippen MR) is 65.7 cm³/mol. The summed E-state index contributed by atoms with van der Waals surface area (Å²) in [6.07, 6.45) is 7.03. The molecule has 2 N–H and O–H groups in total. The highest BCUT2D eigenvalue weighted by atomic mass is 15.0. The smallest absolute Gasteiger partial charge is 0.0455 e. The highest BCUT2D eigenvalue weighted by molar-refractivity contribution is 5.45. The molecule has 1 saturated carbocycles. The van der Waals surface area contributed by atoms with E-state index in [4.69, 9.17) is 0 Å². The zero-order chi connectivity index (χ0) is 10.8. The number of rotatable bonds is 3. The molecule has 3 nitrogen and oxygen atoms in total. The van der Waals surface area contributed by atoms with Crippen molar-refractivity contribution in [1.82, 2.24) is 10.3 Å². The van der Waals surface area contributed by atoms with Gasteiger partial charge >= 0.3 is 0 Å². The van der Waals surface area contributed by atoms with E-state index in [1.54, 1.807) is 0 Å². The molecule has 1 saturated heterocycles. The van der Waals surface area contributed by atoms with E-state index in [0.717, 1.165) is 19.0 Å². The first kappa shape index (κ1) is 10.1. The minimum atomic E-state index is 0.635. The Balaban J connectivity index is 1.66. The molecule has 2 aliphatic rings. The molecule has 0 bridgehead atoms. The van der Waals surface area contributed by atoms with Crippen molar-refractivity contribution in [1.29, 1.82) is 0 Å². The maximum Gasteiger partial charge on any atom is 0.0455 e. The van der Waals surface area contributed by atoms with Crippen LogP contribution in [0, 0.1) is 0 Å². The Morgan fingerprint density at radius 2 is 2.00 bits per heavy atom. The lowest BCUT2D eigenvalue weighted by Crippen LogP contribution is -2.35. The van der Waals surface area contributed by atoms with Crippen LogP contribution in [-0.2, 0) is 0 Å². The van der Waals surface area contributed by atoms with Crippen molar-refractivity contribution in [3.05, 3.63) is 24.0 Å². The summed E-state index contributed by atoms with van der Waals surface area (Å²) in [5.41, 5.74) is 2.53. The van der Waals surface area contributed by atoms with Crippen LogP contribution in [0.1, 0.15) is 37.3 Å². The molecule has 0 radical (unpaired) electrons. The first-order valence-corrected chi connectivity index (χ1v) is 6.35. The molecule has 0 aromatic carbocycles. The molecular formula is C13H19N3. The van der Waals surface area contributed by atoms with Crippen LogP contribution in [0.15, 0.2) is 18.3 Å². The fourth-order valence-corrected chi connectivity index (χ4v) is 2.34. The van der Waals surface area contributed by atoms with Gasteiger partial charge in [0.05, 0.1) is 0 Å². The molecule has 3 heteroatoms. The minimum Gasteiger partial charge on any atom is -0.382 e. The van der Waals surface area contributed by atoms with Crippen molar-refractivity contribution in [2.75, 3.05) is 18.4 Å². The number of pyridine rings is 1. The summed E-state index contributed by atoms with van der Waals surface area (Å²) in [4.78, 5) is 4.44. The highest BCUT2D eigenvalue weighted by Crippen LogP contribution is 2.39. The fourth-order valence-electron chi connectivity index (χ4n) is 2.34. The van der Waals surface area contributed by atoms with Crippen molar-refractivity contribution < 1.29 is 0 Å². The van der Waals surface area contributed by atoms with Crippen LogP contribution in [0.2, 0.25) is 0 Å². The van der Waals surface area contributed by atoms with Crippen LogP contribution in [0.5, 0.6) is 0 Å². The van der Waals surface area contributed by atoms with Gasteiger partial charge in [-0.3, -0.25) is 4.98 Å². The van der Waals surface area contributed by atoms with Gasteiger partial charge in [-0.25, -0.2) is 0 Å². The first-order chi connectivity index (χ1) is 7.92. The van der Waals surface area contributed by atoms with Crippen LogP contribution in [-0.4, -0.2) is 24.1 Å². The van der Waals surface area contributed by atoms with E-state index in [1.165, 1.54) is 37.1 Å². The summed E-state index contributed by atoms with van der Waals surface area (Å²) in [5, 5.41) is 7.01. The van der Waals surface area contributed by atoms with Crippen molar-refractivity contribution in [3.8, 4) is 0 Å². The molecule has 0 unspecified atom stereocenters. The van der Waals surface area contributed by atoms with E-state index in [-0.39, 0.29) is 0 Å². The second-order valence-corrected chi connectivity index (χ2v) is 4.91. The molecular weight excluding hydrogens is 198 g/mol. The molecule has 0 amide bonds. The van der Waals surface area contributed by atoms with Crippen LogP contribution in [0.3, 0.4) is 0 Å². The van der Waals surface area contributed by atoms with Crippen molar-refractivity contribution in [2.24, 2.45) is 0 Å². The number of aromatic nitrogens is 1. The first-order valence-electron chi connectivity index (χ1n) is 6.35. The summed E-state index contributed by atoms with van der Waals surface area (Å²) in [6.45, 7) is 2.27. The van der Waals surface area contributed by atoms with Gasteiger partial charge in [-0.05, 0) is 50.9 Å². The third-order valence-corrected chi connectivity index (χ3v) is 3.49. The second kappa shape index (κ2) is 4.42. The maximum atomic E-state index is 4.44. The van der Waals surface area contributed by atoms with Gasteiger partial charge in [0.25, 0.3) is 0 Å². The van der Waals surface area contributed by atoms with Crippen molar-refractivity contribution in [2.45, 2.75) is 37.6 Å². The average Bonchev–Trinajstić information content (AvgIpc) is 3.15. The van der Waals surface area contributed by atoms with Gasteiger partial charge in [-0.2, -0.15) is 0 Å². The monoisotopic (exact) mass is 217 g/mol. The van der Waals surface area contributed by atoms with Gasteiger partial charge in [0.2, 0.25) is 0 Å². The van der Waals surface area contributed by atoms with E-state index in [2.05, 4.69) is 27.8 Å². The molecule has 86 valence electrons. The van der Waals surface area contributed by atoms with E-state index >= 15 is 0 Å². The van der Waals surface area contributed by atoms with E-state index in [9.17, 15) is 0 Å². The summed E-state index contributed by atoms with van der Waals surface area (Å²) < 4.78 is 0. The zero-order valence-electron chi connectivity index (χ0n) is 9.58. The summed E-state index contributed by atoms with van der Waals surface area (Å²) in [5.74, 6) is 0.745. The lowest BCUT2D eigenvalue weighted by atomic mass is 10.1. The van der Waals surface area contributed by atoms with Gasteiger partial charge in [-0.1, -0.05) is 0 Å². The van der Waals surface area contributed by atoms with Gasteiger partial charge in [0.15, 0.2) is 0 Å². The number of anilines is 1. The quantitative estimate of drug-likeness (QED) is 0.814. The minimum absolute atomic E-state index is 0.635. The van der Waals surface area contributed by atoms with Crippen LogP contribution < -0.4 is 10.6 Å². The molecule has 2 heterocycles. The van der Waals surface area contributed by atoms with Gasteiger partial charge in [0.1, 0.15) is 0 Å². The Kier molecular flexibility index (Phi) is 2.79. The second-order valence-electron chi connectivity index (χ2n) is 4.91. The summed E-state index contributed by atoms with van der Waals surface area (Å²) >= 11 is 0. The van der Waals surface area contributed by atoms with Gasteiger partial charge in [-0.15, -0.1) is 0 Å². The van der Waals surface area contributed by atoms with Crippen LogP contribution in [0.4, 0.5) is 5.69 Å². The topological polar surface area (TPSA) is 37.0 Å². The van der Waals surface area contributed by atoms with Crippen LogP contribution >= 0.6 is 0 Å². The van der Waals surface area contributed by atoms with Crippen LogP contribution in [0.25, 0.3) is 0 Å². The number of nitrogens with zero attached hydrogens (tertiary/aromatic N) is 1. The Labute approximate surface area is 96.7 Å². The Morgan fingerprint density at radius 1 is 1.19 bits per heavy atom.